The molecule has 1 radical (unpaired) electrons. The molecule has 7 atom stereocenters. The Bertz CT molecular complexity index is 1890. The topological polar surface area (TPSA) is 154 Å². The molecule has 6 heterocycles. The summed E-state index contributed by atoms with van der Waals surface area (Å²) in [5, 5.41) is 37.5. The first-order valence-corrected chi connectivity index (χ1v) is 22.7. The average Bonchev–Trinajstić information content (AvgIpc) is 3.70. The maximum atomic E-state index is 13.9. The summed E-state index contributed by atoms with van der Waals surface area (Å²) in [5.41, 5.74) is 4.33. The van der Waals surface area contributed by atoms with E-state index in [4.69, 9.17) is 18.9 Å². The molecule has 6 aliphatic rings. The number of phenols is 2. The Morgan fingerprint density at radius 1 is 0.949 bits per heavy atom. The molecule has 0 spiro atoms. The summed E-state index contributed by atoms with van der Waals surface area (Å²) in [5.74, 6) is 0.912. The summed E-state index contributed by atoms with van der Waals surface area (Å²) in [4.78, 5) is 31.6. The van der Waals surface area contributed by atoms with E-state index in [2.05, 4.69) is 34.2 Å². The Morgan fingerprint density at radius 2 is 1.59 bits per heavy atom. The van der Waals surface area contributed by atoms with E-state index in [-0.39, 0.29) is 86.7 Å². The van der Waals surface area contributed by atoms with Gasteiger partial charge in [0.15, 0.2) is 23.0 Å². The fraction of sp³-hybridized carbons (Fsp3) is 0.667. The van der Waals surface area contributed by atoms with Crippen LogP contribution < -0.4 is 19.5 Å². The standard InChI is InChI=1S/C45H62N4O8S.Ac/c1-6-7-8-9-10-11-12-13-14-15-16-17-18-19-33(50)47-29-24-58-44-36-35(43-42(56-25-57-43)27(3)39(36)51)32(23-55-45(29)53)49-31(22-46)30-21-28-20-26(2)41(54-5)40(52)34(28)37(38(44)49)48(30)4;/h20,29-32,37-38,44,51-52H,6-19,21,23-25H2,1-5H3,(H,47,50);/t29-,30-,31-,32-,37+,38?,44+;/m0./s1. The van der Waals surface area contributed by atoms with E-state index in [0.717, 1.165) is 36.0 Å². The summed E-state index contributed by atoms with van der Waals surface area (Å²) in [6.07, 6.45) is 16.7. The van der Waals surface area contributed by atoms with Gasteiger partial charge in [0, 0.05) is 90.6 Å². The molecule has 59 heavy (non-hydrogen) atoms. The number of aryl methyl sites for hydroxylation is 1. The minimum atomic E-state index is -0.913. The number of nitriles is 1. The molecule has 0 saturated carbocycles. The predicted molar refractivity (Wildman–Crippen MR) is 223 cm³/mol. The van der Waals surface area contributed by atoms with Gasteiger partial charge in [0.2, 0.25) is 12.7 Å². The smallest absolute Gasteiger partial charge is 0.329 e. The van der Waals surface area contributed by atoms with Crippen molar-refractivity contribution >= 4 is 23.6 Å². The number of benzene rings is 2. The number of carbonyl (C=O) groups is 2. The van der Waals surface area contributed by atoms with Crippen molar-refractivity contribution in [3.05, 3.63) is 39.4 Å². The second-order valence-electron chi connectivity index (χ2n) is 16.9. The number of thioether (sulfide) groups is 1. The minimum absolute atomic E-state index is 0. The molecule has 3 N–H and O–H groups in total. The third kappa shape index (κ3) is 9.08. The van der Waals surface area contributed by atoms with Crippen molar-refractivity contribution in [2.45, 2.75) is 159 Å². The van der Waals surface area contributed by atoms with Gasteiger partial charge < -0.3 is 34.5 Å². The zero-order valence-electron chi connectivity index (χ0n) is 35.5. The van der Waals surface area contributed by atoms with Crippen LogP contribution in [0.2, 0.25) is 0 Å². The Morgan fingerprint density at radius 3 is 2.24 bits per heavy atom. The molecule has 6 aliphatic heterocycles. The van der Waals surface area contributed by atoms with Crippen LogP contribution >= 0.6 is 11.8 Å². The quantitative estimate of drug-likeness (QED) is 0.110. The number of nitrogens with one attached hydrogen (secondary N) is 1. The van der Waals surface area contributed by atoms with E-state index in [1.54, 1.807) is 14.0 Å². The maximum absolute atomic E-state index is 13.9. The Labute approximate surface area is 390 Å². The SMILES string of the molecule is CCCCCCCCCCCCCCCC(=O)N[C@H]1CS[C@@H]2c3c(O)c(C)c4c(c3[C@H](COC1=O)N1C2[C@H]2c3c(cc(C)c(OC)c3O)C[C@@H]([C@@H]1C#N)N2C)OCO4.[Ac]. The molecule has 4 bridgehead atoms. The molecule has 12 nitrogen and oxygen atoms in total. The number of amides is 1. The predicted octanol–water partition coefficient (Wildman–Crippen LogP) is 7.98. The van der Waals surface area contributed by atoms with Gasteiger partial charge >= 0.3 is 5.97 Å². The van der Waals surface area contributed by atoms with Crippen molar-refractivity contribution in [3.8, 4) is 34.8 Å². The molecular formula is C45H62AcN4O8S. The number of hydrogen-bond acceptors (Lipinski definition) is 12. The summed E-state index contributed by atoms with van der Waals surface area (Å²) in [7, 11) is 3.54. The summed E-state index contributed by atoms with van der Waals surface area (Å²) >= 11 is 1.45. The molecule has 1 amide bonds. The van der Waals surface area contributed by atoms with Gasteiger partial charge in [-0.05, 0) is 44.9 Å². The second-order valence-corrected chi connectivity index (χ2v) is 18.1. The Kier molecular flexibility index (Phi) is 16.1. The molecule has 2 aromatic rings. The van der Waals surface area contributed by atoms with Gasteiger partial charge in [0.1, 0.15) is 24.4 Å². The number of esters is 1. The molecule has 14 heteroatoms. The van der Waals surface area contributed by atoms with Gasteiger partial charge in [0.25, 0.3) is 0 Å². The first-order chi connectivity index (χ1) is 28.1. The second kappa shape index (κ2) is 20.6. The van der Waals surface area contributed by atoms with Crippen molar-refractivity contribution < 1.29 is 82.8 Å². The zero-order valence-corrected chi connectivity index (χ0v) is 41.1. The normalized spacial score (nSPS) is 25.5. The molecular weight excluding hydrogens is 984 g/mol. The van der Waals surface area contributed by atoms with Crippen molar-refractivity contribution in [2.75, 3.05) is 33.3 Å². The molecule has 8 rings (SSSR count). The van der Waals surface area contributed by atoms with Crippen molar-refractivity contribution in [2.24, 2.45) is 0 Å². The van der Waals surface area contributed by atoms with E-state index < -0.39 is 41.4 Å². The van der Waals surface area contributed by atoms with Crippen LogP contribution in [0, 0.1) is 69.2 Å². The van der Waals surface area contributed by atoms with Crippen LogP contribution in [0.3, 0.4) is 0 Å². The Balaban J connectivity index is 0.00000585. The minimum Gasteiger partial charge on any atom is -0.507 e. The van der Waals surface area contributed by atoms with Crippen LogP contribution in [-0.2, 0) is 20.7 Å². The third-order valence-electron chi connectivity index (χ3n) is 13.3. The number of phenolic OH excluding ortho intramolecular Hbond substituents is 2. The largest absolute Gasteiger partial charge is 0.507 e. The number of ether oxygens (including phenoxy) is 4. The molecule has 319 valence electrons. The van der Waals surface area contributed by atoms with Gasteiger partial charge in [-0.1, -0.05) is 90.0 Å². The van der Waals surface area contributed by atoms with E-state index in [0.29, 0.717) is 46.8 Å². The average molecular weight is 1050 g/mol. The van der Waals surface area contributed by atoms with E-state index in [9.17, 15) is 25.1 Å². The first kappa shape index (κ1) is 46.1. The fourth-order valence-corrected chi connectivity index (χ4v) is 11.9. The number of nitrogens with zero attached hydrogens (tertiary/aromatic N) is 3. The number of aromatic hydroxyl groups is 2. The van der Waals surface area contributed by atoms with E-state index in [1.165, 1.54) is 76.0 Å². The fourth-order valence-electron chi connectivity index (χ4n) is 10.4. The number of unbranched alkanes of at least 4 members (excludes halogenated alkanes) is 12. The molecule has 1 unspecified atom stereocenters. The summed E-state index contributed by atoms with van der Waals surface area (Å²) in [6.45, 7) is 5.79. The number of carbonyl (C=O) groups excluding carboxylic acids is 2. The summed E-state index contributed by atoms with van der Waals surface area (Å²) < 4.78 is 23.8. The number of piperazine rings is 1. The molecule has 0 aliphatic carbocycles. The molecule has 2 fully saturated rings. The number of rotatable bonds is 16. The van der Waals surface area contributed by atoms with Crippen molar-refractivity contribution in [1.29, 1.82) is 5.26 Å². The van der Waals surface area contributed by atoms with Crippen LogP contribution in [0.4, 0.5) is 0 Å². The number of fused-ring (bicyclic) bond motifs is 10. The molecule has 0 aromatic heterocycles. The van der Waals surface area contributed by atoms with Gasteiger partial charge in [-0.3, -0.25) is 14.6 Å². The number of hydrogen-bond donors (Lipinski definition) is 3. The van der Waals surface area contributed by atoms with Crippen LogP contribution in [0.1, 0.15) is 148 Å². The zero-order chi connectivity index (χ0) is 41.1. The number of likely N-dealkylation sites (N-methyl/N-ethyl adjacent to an activating group) is 1. The summed E-state index contributed by atoms with van der Waals surface area (Å²) in [6, 6.07) is 1.27. The van der Waals surface area contributed by atoms with Crippen molar-refractivity contribution in [1.82, 2.24) is 15.1 Å². The van der Waals surface area contributed by atoms with Crippen LogP contribution in [0.15, 0.2) is 6.07 Å². The van der Waals surface area contributed by atoms with E-state index >= 15 is 0 Å². The Hall–Kier alpha value is -2.42. The maximum Gasteiger partial charge on any atom is 0.329 e. The van der Waals surface area contributed by atoms with Gasteiger partial charge in [0.05, 0.1) is 30.5 Å². The van der Waals surface area contributed by atoms with Crippen molar-refractivity contribution in [3.63, 3.8) is 0 Å². The number of methoxy groups -OCH3 is 1. The molecule has 2 saturated heterocycles. The monoisotopic (exact) mass is 1050 g/mol. The van der Waals surface area contributed by atoms with E-state index in [1.807, 2.05) is 14.0 Å². The van der Waals surface area contributed by atoms with Crippen LogP contribution in [-0.4, -0.2) is 89.4 Å². The van der Waals surface area contributed by atoms with Crippen LogP contribution in [0.25, 0.3) is 0 Å². The third-order valence-corrected chi connectivity index (χ3v) is 14.7. The van der Waals surface area contributed by atoms with Gasteiger partial charge in [-0.25, -0.2) is 4.79 Å². The van der Waals surface area contributed by atoms with Gasteiger partial charge in [-0.2, -0.15) is 5.26 Å². The molecule has 2 aromatic carbocycles. The van der Waals surface area contributed by atoms with Gasteiger partial charge in [-0.15, -0.1) is 11.8 Å². The first-order valence-electron chi connectivity index (χ1n) is 21.6. The van der Waals surface area contributed by atoms with Crippen LogP contribution in [0.5, 0.6) is 28.7 Å².